The van der Waals surface area contributed by atoms with Crippen molar-refractivity contribution in [1.82, 2.24) is 20.4 Å². The fourth-order valence-corrected chi connectivity index (χ4v) is 4.60. The normalized spacial score (nSPS) is 18.9. The summed E-state index contributed by atoms with van der Waals surface area (Å²) >= 11 is 0. The number of hydrogen-bond donors (Lipinski definition) is 1. The van der Waals surface area contributed by atoms with E-state index in [0.29, 0.717) is 17.3 Å². The van der Waals surface area contributed by atoms with Crippen LogP contribution >= 0.6 is 0 Å². The zero-order chi connectivity index (χ0) is 23.9. The van der Waals surface area contributed by atoms with Crippen molar-refractivity contribution < 1.29 is 9.32 Å². The summed E-state index contributed by atoms with van der Waals surface area (Å²) in [4.78, 5) is 19.7. The van der Waals surface area contributed by atoms with Gasteiger partial charge in [0.1, 0.15) is 0 Å². The molecule has 6 heteroatoms. The molecular formula is C28H30N4O2. The molecule has 0 radical (unpaired) electrons. The molecule has 1 aromatic heterocycles. The van der Waals surface area contributed by atoms with E-state index in [-0.39, 0.29) is 23.4 Å². The molecule has 2 atom stereocenters. The van der Waals surface area contributed by atoms with Crippen molar-refractivity contribution in [2.24, 2.45) is 0 Å². The Bertz CT molecular complexity index is 1320. The minimum atomic E-state index is -0.0538. The fourth-order valence-electron chi connectivity index (χ4n) is 4.60. The quantitative estimate of drug-likeness (QED) is 0.449. The first kappa shape index (κ1) is 22.3. The topological polar surface area (TPSA) is 71.3 Å². The molecule has 0 unspecified atom stereocenters. The number of aromatic nitrogens is 2. The van der Waals surface area contributed by atoms with Crippen LogP contribution in [0.5, 0.6) is 0 Å². The van der Waals surface area contributed by atoms with Gasteiger partial charge in [0.25, 0.3) is 5.91 Å². The van der Waals surface area contributed by atoms with Gasteiger partial charge in [-0.1, -0.05) is 74.5 Å². The van der Waals surface area contributed by atoms with E-state index in [1.54, 1.807) is 0 Å². The van der Waals surface area contributed by atoms with Crippen molar-refractivity contribution in [3.8, 4) is 11.4 Å². The SMILES string of the molecule is CN1C[C@@H](NC(=O)c2ccc(C(C)(C)C)cc2)C[C@H]1c1nc(-c2ccc3ccccc3c2)no1. The molecule has 34 heavy (non-hydrogen) atoms. The fraction of sp³-hybridized carbons (Fsp3) is 0.321. The van der Waals surface area contributed by atoms with Crippen LogP contribution in [0, 0.1) is 0 Å². The van der Waals surface area contributed by atoms with Crippen LogP contribution in [-0.2, 0) is 5.41 Å². The second kappa shape index (κ2) is 8.69. The Morgan fingerprint density at radius 3 is 2.50 bits per heavy atom. The predicted molar refractivity (Wildman–Crippen MR) is 134 cm³/mol. The van der Waals surface area contributed by atoms with Gasteiger partial charge < -0.3 is 9.84 Å². The van der Waals surface area contributed by atoms with Crippen LogP contribution in [-0.4, -0.2) is 40.6 Å². The number of likely N-dealkylation sites (tertiary alicyclic amines) is 1. The molecule has 1 N–H and O–H groups in total. The van der Waals surface area contributed by atoms with Crippen molar-refractivity contribution in [2.45, 2.75) is 44.7 Å². The molecule has 1 saturated heterocycles. The first-order valence-corrected chi connectivity index (χ1v) is 11.7. The minimum absolute atomic E-state index is 0.0146. The first-order chi connectivity index (χ1) is 16.3. The maximum atomic E-state index is 12.8. The van der Waals surface area contributed by atoms with E-state index in [1.807, 2.05) is 49.5 Å². The van der Waals surface area contributed by atoms with E-state index in [4.69, 9.17) is 9.51 Å². The van der Waals surface area contributed by atoms with Gasteiger partial charge in [0, 0.05) is 23.7 Å². The number of nitrogens with zero attached hydrogens (tertiary/aromatic N) is 3. The molecule has 1 fully saturated rings. The van der Waals surface area contributed by atoms with Crippen LogP contribution in [0.4, 0.5) is 0 Å². The van der Waals surface area contributed by atoms with Crippen molar-refractivity contribution in [2.75, 3.05) is 13.6 Å². The third-order valence-electron chi connectivity index (χ3n) is 6.63. The molecular weight excluding hydrogens is 424 g/mol. The highest BCUT2D eigenvalue weighted by molar-refractivity contribution is 5.94. The summed E-state index contributed by atoms with van der Waals surface area (Å²) < 4.78 is 5.65. The number of carbonyl (C=O) groups is 1. The van der Waals surface area contributed by atoms with Crippen molar-refractivity contribution in [3.63, 3.8) is 0 Å². The van der Waals surface area contributed by atoms with Gasteiger partial charge in [-0.05, 0) is 53.4 Å². The van der Waals surface area contributed by atoms with Gasteiger partial charge >= 0.3 is 0 Å². The lowest BCUT2D eigenvalue weighted by molar-refractivity contribution is 0.0938. The number of fused-ring (bicyclic) bond motifs is 1. The Balaban J connectivity index is 1.26. The number of carbonyl (C=O) groups excluding carboxylic acids is 1. The molecule has 0 spiro atoms. The number of nitrogens with one attached hydrogen (secondary N) is 1. The summed E-state index contributed by atoms with van der Waals surface area (Å²) in [6.45, 7) is 7.22. The molecule has 1 aliphatic heterocycles. The van der Waals surface area contributed by atoms with E-state index in [1.165, 1.54) is 10.9 Å². The highest BCUT2D eigenvalue weighted by atomic mass is 16.5. The summed E-state index contributed by atoms with van der Waals surface area (Å²) in [7, 11) is 2.02. The highest BCUT2D eigenvalue weighted by Gasteiger charge is 2.35. The molecule has 6 nitrogen and oxygen atoms in total. The summed E-state index contributed by atoms with van der Waals surface area (Å²) in [6.07, 6.45) is 0.724. The number of likely N-dealkylation sites (N-methyl/N-ethyl adjacent to an activating group) is 1. The Kier molecular flexibility index (Phi) is 5.70. The van der Waals surface area contributed by atoms with E-state index in [9.17, 15) is 4.79 Å². The summed E-state index contributed by atoms with van der Waals surface area (Å²) in [5, 5.41) is 9.72. The van der Waals surface area contributed by atoms with E-state index in [2.05, 4.69) is 60.4 Å². The van der Waals surface area contributed by atoms with Gasteiger partial charge in [0.05, 0.1) is 6.04 Å². The van der Waals surface area contributed by atoms with E-state index in [0.717, 1.165) is 23.9 Å². The van der Waals surface area contributed by atoms with Crippen LogP contribution in [0.25, 0.3) is 22.2 Å². The smallest absolute Gasteiger partial charge is 0.251 e. The van der Waals surface area contributed by atoms with Crippen LogP contribution in [0.2, 0.25) is 0 Å². The number of benzene rings is 3. The van der Waals surface area contributed by atoms with Gasteiger partial charge in [-0.3, -0.25) is 9.69 Å². The zero-order valence-electron chi connectivity index (χ0n) is 20.1. The van der Waals surface area contributed by atoms with Crippen molar-refractivity contribution in [1.29, 1.82) is 0 Å². The Labute approximate surface area is 200 Å². The van der Waals surface area contributed by atoms with Crippen LogP contribution in [0.3, 0.4) is 0 Å². The standard InChI is InChI=1S/C28H30N4O2/c1-28(2,3)22-13-11-19(12-14-22)26(33)29-23-16-24(32(4)17-23)27-30-25(31-34-27)21-10-9-18-7-5-6-8-20(18)15-21/h5-15,23-24H,16-17H2,1-4H3,(H,29,33)/t23-,24-/m0/s1. The predicted octanol–water partition coefficient (Wildman–Crippen LogP) is 5.36. The molecule has 4 aromatic rings. The Morgan fingerprint density at radius 1 is 1.03 bits per heavy atom. The molecule has 5 rings (SSSR count). The molecule has 0 aliphatic carbocycles. The molecule has 1 aliphatic rings. The second-order valence-electron chi connectivity index (χ2n) is 10.2. The maximum Gasteiger partial charge on any atom is 0.251 e. The minimum Gasteiger partial charge on any atom is -0.348 e. The maximum absolute atomic E-state index is 12.8. The average Bonchev–Trinajstić information content (AvgIpc) is 3.45. The first-order valence-electron chi connectivity index (χ1n) is 11.7. The average molecular weight is 455 g/mol. The second-order valence-corrected chi connectivity index (χ2v) is 10.2. The lowest BCUT2D eigenvalue weighted by Crippen LogP contribution is -2.36. The third kappa shape index (κ3) is 4.46. The summed E-state index contributed by atoms with van der Waals surface area (Å²) in [6, 6.07) is 22.2. The summed E-state index contributed by atoms with van der Waals surface area (Å²) in [5.74, 6) is 1.11. The lowest BCUT2D eigenvalue weighted by Gasteiger charge is -2.19. The van der Waals surface area contributed by atoms with Crippen LogP contribution < -0.4 is 5.32 Å². The third-order valence-corrected chi connectivity index (χ3v) is 6.63. The van der Waals surface area contributed by atoms with Crippen LogP contribution in [0.1, 0.15) is 55.0 Å². The summed E-state index contributed by atoms with van der Waals surface area (Å²) in [5.41, 5.74) is 2.88. The van der Waals surface area contributed by atoms with Crippen LogP contribution in [0.15, 0.2) is 71.3 Å². The monoisotopic (exact) mass is 454 g/mol. The Hall–Kier alpha value is -3.51. The van der Waals surface area contributed by atoms with Crippen molar-refractivity contribution >= 4 is 16.7 Å². The zero-order valence-corrected chi connectivity index (χ0v) is 20.1. The number of hydrogen-bond acceptors (Lipinski definition) is 5. The molecule has 0 saturated carbocycles. The van der Waals surface area contributed by atoms with Gasteiger partial charge in [-0.2, -0.15) is 4.98 Å². The molecule has 2 heterocycles. The molecule has 3 aromatic carbocycles. The number of rotatable bonds is 4. The number of amides is 1. The van der Waals surface area contributed by atoms with E-state index < -0.39 is 0 Å². The lowest BCUT2D eigenvalue weighted by atomic mass is 9.86. The highest BCUT2D eigenvalue weighted by Crippen LogP contribution is 2.32. The molecule has 0 bridgehead atoms. The van der Waals surface area contributed by atoms with E-state index >= 15 is 0 Å². The van der Waals surface area contributed by atoms with Gasteiger partial charge in [-0.25, -0.2) is 0 Å². The molecule has 174 valence electrons. The Morgan fingerprint density at radius 2 is 1.76 bits per heavy atom. The van der Waals surface area contributed by atoms with Gasteiger partial charge in [0.15, 0.2) is 0 Å². The van der Waals surface area contributed by atoms with Gasteiger partial charge in [0.2, 0.25) is 11.7 Å². The largest absolute Gasteiger partial charge is 0.348 e. The van der Waals surface area contributed by atoms with Gasteiger partial charge in [-0.15, -0.1) is 0 Å². The molecule has 1 amide bonds. The van der Waals surface area contributed by atoms with Crippen molar-refractivity contribution in [3.05, 3.63) is 83.7 Å².